The van der Waals surface area contributed by atoms with E-state index in [2.05, 4.69) is 42.3 Å². The zero-order valence-electron chi connectivity index (χ0n) is 13.0. The van der Waals surface area contributed by atoms with Crippen LogP contribution in [0.2, 0.25) is 0 Å². The molecule has 0 amide bonds. The summed E-state index contributed by atoms with van der Waals surface area (Å²) >= 11 is 0. The van der Waals surface area contributed by atoms with Crippen molar-refractivity contribution in [1.82, 2.24) is 4.90 Å². The Kier molecular flexibility index (Phi) is 4.61. The van der Waals surface area contributed by atoms with E-state index in [4.69, 9.17) is 9.47 Å². The van der Waals surface area contributed by atoms with E-state index >= 15 is 0 Å². The van der Waals surface area contributed by atoms with Crippen LogP contribution >= 0.6 is 0 Å². The third kappa shape index (κ3) is 3.30. The lowest BCUT2D eigenvalue weighted by atomic mass is 9.83. The molecule has 0 spiro atoms. The Morgan fingerprint density at radius 2 is 1.95 bits per heavy atom. The van der Waals surface area contributed by atoms with E-state index < -0.39 is 0 Å². The first kappa shape index (κ1) is 14.6. The summed E-state index contributed by atoms with van der Waals surface area (Å²) in [7, 11) is 3.96. The van der Waals surface area contributed by atoms with Crippen molar-refractivity contribution in [1.29, 1.82) is 0 Å². The zero-order valence-corrected chi connectivity index (χ0v) is 13.0. The van der Waals surface area contributed by atoms with Crippen molar-refractivity contribution in [2.45, 2.75) is 37.8 Å². The Morgan fingerprint density at radius 1 is 1.14 bits per heavy atom. The van der Waals surface area contributed by atoms with Gasteiger partial charge >= 0.3 is 0 Å². The van der Waals surface area contributed by atoms with E-state index in [1.54, 1.807) is 7.11 Å². The van der Waals surface area contributed by atoms with E-state index in [9.17, 15) is 0 Å². The predicted octanol–water partition coefficient (Wildman–Crippen LogP) is 3.35. The normalized spacial score (nSPS) is 25.5. The van der Waals surface area contributed by atoms with Crippen LogP contribution in [-0.4, -0.2) is 44.4 Å². The first-order valence-electron chi connectivity index (χ1n) is 7.93. The van der Waals surface area contributed by atoms with Gasteiger partial charge in [0.05, 0.1) is 6.61 Å². The largest absolute Gasteiger partial charge is 0.491 e. The van der Waals surface area contributed by atoms with Gasteiger partial charge in [0, 0.05) is 19.2 Å². The van der Waals surface area contributed by atoms with Crippen molar-refractivity contribution in [3.05, 3.63) is 35.9 Å². The maximum atomic E-state index is 5.63. The molecule has 114 valence electrons. The van der Waals surface area contributed by atoms with Gasteiger partial charge in [-0.1, -0.05) is 24.6 Å². The second kappa shape index (κ2) is 6.63. The first-order chi connectivity index (χ1) is 10.3. The van der Waals surface area contributed by atoms with Crippen molar-refractivity contribution in [3.8, 4) is 5.75 Å². The van der Waals surface area contributed by atoms with Gasteiger partial charge in [0.15, 0.2) is 0 Å². The molecule has 2 aliphatic rings. The van der Waals surface area contributed by atoms with Gasteiger partial charge in [-0.3, -0.25) is 4.90 Å². The first-order valence-corrected chi connectivity index (χ1v) is 7.93. The monoisotopic (exact) mass is 287 g/mol. The minimum atomic E-state index is 0.605. The SMILES string of the molecule is COCCOc1ccc(C2=CC3CCCC(C2)N3C)cc1. The van der Waals surface area contributed by atoms with E-state index in [0.717, 1.165) is 11.8 Å². The molecule has 0 saturated carbocycles. The topological polar surface area (TPSA) is 21.7 Å². The molecular formula is C18H25NO2. The molecule has 1 aromatic carbocycles. The maximum Gasteiger partial charge on any atom is 0.119 e. The van der Waals surface area contributed by atoms with Gasteiger partial charge in [-0.15, -0.1) is 0 Å². The number of likely N-dealkylation sites (N-methyl/N-ethyl adjacent to an activating group) is 1. The minimum Gasteiger partial charge on any atom is -0.491 e. The Bertz CT molecular complexity index is 494. The van der Waals surface area contributed by atoms with Crippen LogP contribution in [0.25, 0.3) is 5.57 Å². The highest BCUT2D eigenvalue weighted by atomic mass is 16.5. The van der Waals surface area contributed by atoms with E-state index in [0.29, 0.717) is 19.3 Å². The summed E-state index contributed by atoms with van der Waals surface area (Å²) in [5.41, 5.74) is 2.85. The summed E-state index contributed by atoms with van der Waals surface area (Å²) in [4.78, 5) is 2.55. The smallest absolute Gasteiger partial charge is 0.119 e. The lowest BCUT2D eigenvalue weighted by Crippen LogP contribution is -2.45. The van der Waals surface area contributed by atoms with Crippen LogP contribution in [0.4, 0.5) is 0 Å². The molecule has 1 fully saturated rings. The van der Waals surface area contributed by atoms with Crippen LogP contribution in [0, 0.1) is 0 Å². The molecule has 3 nitrogen and oxygen atoms in total. The molecule has 0 N–H and O–H groups in total. The molecule has 2 unspecified atom stereocenters. The summed E-state index contributed by atoms with van der Waals surface area (Å²) in [6, 6.07) is 9.87. The van der Waals surface area contributed by atoms with Crippen molar-refractivity contribution >= 4 is 5.57 Å². The number of hydrogen-bond acceptors (Lipinski definition) is 3. The van der Waals surface area contributed by atoms with Gasteiger partial charge in [0.1, 0.15) is 12.4 Å². The van der Waals surface area contributed by atoms with Crippen LogP contribution < -0.4 is 4.74 Å². The van der Waals surface area contributed by atoms with Crippen LogP contribution in [0.3, 0.4) is 0 Å². The molecule has 3 rings (SSSR count). The molecule has 0 aromatic heterocycles. The summed E-state index contributed by atoms with van der Waals surface area (Å²) in [5.74, 6) is 0.921. The maximum absolute atomic E-state index is 5.63. The average Bonchev–Trinajstić information content (AvgIpc) is 2.48. The molecule has 2 aliphatic heterocycles. The highest BCUT2D eigenvalue weighted by molar-refractivity contribution is 5.68. The summed E-state index contributed by atoms with van der Waals surface area (Å²) in [5, 5.41) is 0. The Balaban J connectivity index is 1.69. The van der Waals surface area contributed by atoms with Crippen molar-refractivity contribution in [2.24, 2.45) is 0 Å². The number of fused-ring (bicyclic) bond motifs is 2. The highest BCUT2D eigenvalue weighted by Crippen LogP contribution is 2.36. The van der Waals surface area contributed by atoms with Gasteiger partial charge in [0.25, 0.3) is 0 Å². The second-order valence-electron chi connectivity index (χ2n) is 6.08. The lowest BCUT2D eigenvalue weighted by Gasteiger charge is -2.42. The van der Waals surface area contributed by atoms with Crippen LogP contribution in [-0.2, 0) is 4.74 Å². The fourth-order valence-corrected chi connectivity index (χ4v) is 3.46. The highest BCUT2D eigenvalue weighted by Gasteiger charge is 2.31. The number of methoxy groups -OCH3 is 1. The summed E-state index contributed by atoms with van der Waals surface area (Å²) < 4.78 is 10.6. The molecule has 21 heavy (non-hydrogen) atoms. The summed E-state index contributed by atoms with van der Waals surface area (Å²) in [6.45, 7) is 1.23. The number of nitrogens with zero attached hydrogens (tertiary/aromatic N) is 1. The van der Waals surface area contributed by atoms with Crippen LogP contribution in [0.15, 0.2) is 30.3 Å². The molecule has 2 bridgehead atoms. The number of hydrogen-bond donors (Lipinski definition) is 0. The van der Waals surface area contributed by atoms with Crippen LogP contribution in [0.5, 0.6) is 5.75 Å². The predicted molar refractivity (Wildman–Crippen MR) is 85.6 cm³/mol. The average molecular weight is 287 g/mol. The van der Waals surface area contributed by atoms with Gasteiger partial charge in [-0.2, -0.15) is 0 Å². The standard InChI is InChI=1S/C18H25NO2/c1-19-16-4-3-5-17(19)13-15(12-16)14-6-8-18(9-7-14)21-11-10-20-2/h6-9,12,16-17H,3-5,10-11,13H2,1-2H3. The van der Waals surface area contributed by atoms with Gasteiger partial charge in [-0.05, 0) is 49.6 Å². The van der Waals surface area contributed by atoms with E-state index in [1.807, 2.05) is 0 Å². The zero-order chi connectivity index (χ0) is 14.7. The lowest BCUT2D eigenvalue weighted by molar-refractivity contribution is 0.137. The van der Waals surface area contributed by atoms with Crippen molar-refractivity contribution < 1.29 is 9.47 Å². The van der Waals surface area contributed by atoms with Gasteiger partial charge < -0.3 is 9.47 Å². The second-order valence-corrected chi connectivity index (χ2v) is 6.08. The van der Waals surface area contributed by atoms with Gasteiger partial charge in [-0.25, -0.2) is 0 Å². The fourth-order valence-electron chi connectivity index (χ4n) is 3.46. The molecule has 1 aromatic rings. The molecule has 2 heterocycles. The molecule has 3 heteroatoms. The summed E-state index contributed by atoms with van der Waals surface area (Å²) in [6.07, 6.45) is 7.65. The Labute approximate surface area is 127 Å². The van der Waals surface area contributed by atoms with E-state index in [-0.39, 0.29) is 0 Å². The number of piperidine rings is 1. The fraction of sp³-hybridized carbons (Fsp3) is 0.556. The number of benzene rings is 1. The van der Waals surface area contributed by atoms with Crippen LogP contribution in [0.1, 0.15) is 31.2 Å². The number of ether oxygens (including phenoxy) is 2. The molecule has 2 atom stereocenters. The van der Waals surface area contributed by atoms with E-state index in [1.165, 1.54) is 36.8 Å². The molecule has 0 aliphatic carbocycles. The Morgan fingerprint density at radius 3 is 2.67 bits per heavy atom. The molecular weight excluding hydrogens is 262 g/mol. The number of rotatable bonds is 5. The van der Waals surface area contributed by atoms with Crippen molar-refractivity contribution in [3.63, 3.8) is 0 Å². The third-order valence-electron chi connectivity index (χ3n) is 4.77. The molecule has 0 radical (unpaired) electrons. The Hall–Kier alpha value is -1.32. The minimum absolute atomic E-state index is 0.605. The molecule has 1 saturated heterocycles. The third-order valence-corrected chi connectivity index (χ3v) is 4.77. The quantitative estimate of drug-likeness (QED) is 0.775. The van der Waals surface area contributed by atoms with Crippen molar-refractivity contribution in [2.75, 3.05) is 27.4 Å². The van der Waals surface area contributed by atoms with Gasteiger partial charge in [0.2, 0.25) is 0 Å².